The highest BCUT2D eigenvalue weighted by Crippen LogP contribution is 2.76. The minimum atomic E-state index is -0.131. The lowest BCUT2D eigenvalue weighted by Gasteiger charge is -2.69. The number of fused-ring (bicyclic) bond motifs is 7. The molecule has 1 heteroatoms. The van der Waals surface area contributed by atoms with Crippen molar-refractivity contribution in [1.82, 2.24) is 0 Å². The van der Waals surface area contributed by atoms with E-state index in [1.165, 1.54) is 51.4 Å². The van der Waals surface area contributed by atoms with Crippen LogP contribution in [-0.2, 0) is 0 Å². The van der Waals surface area contributed by atoms with Crippen molar-refractivity contribution >= 4 is 0 Å². The Balaban J connectivity index is 1.55. The first kappa shape index (κ1) is 22.5. The first-order chi connectivity index (χ1) is 14.3. The maximum atomic E-state index is 10.8. The van der Waals surface area contributed by atoms with Crippen molar-refractivity contribution in [1.29, 1.82) is 0 Å². The molecular formula is C30H50O. The summed E-state index contributed by atoms with van der Waals surface area (Å²) in [6, 6.07) is 0. The normalized spacial score (nSPS) is 55.7. The predicted molar refractivity (Wildman–Crippen MR) is 131 cm³/mol. The van der Waals surface area contributed by atoms with Crippen LogP contribution in [0, 0.1) is 56.7 Å². The van der Waals surface area contributed by atoms with Crippen molar-refractivity contribution in [3.05, 3.63) is 11.6 Å². The van der Waals surface area contributed by atoms with E-state index in [2.05, 4.69) is 61.5 Å². The van der Waals surface area contributed by atoms with Gasteiger partial charge in [-0.3, -0.25) is 0 Å². The summed E-state index contributed by atoms with van der Waals surface area (Å²) in [4.78, 5) is 0. The third-order valence-electron chi connectivity index (χ3n) is 13.2. The maximum absolute atomic E-state index is 10.8. The lowest BCUT2D eigenvalue weighted by atomic mass is 9.35. The summed E-state index contributed by atoms with van der Waals surface area (Å²) in [5.74, 6) is 4.02. The molecule has 0 radical (unpaired) electrons. The van der Waals surface area contributed by atoms with Gasteiger partial charge in [-0.15, -0.1) is 0 Å². The van der Waals surface area contributed by atoms with Crippen molar-refractivity contribution < 1.29 is 5.11 Å². The SMILES string of the molecule is CC(C)[C@@H]1CCC2[C@@]1(C)CCC1(C)[C@@H]3CCC4C(C)(C)C(O)CC[C@]4(C)C3=CC[C@]21C. The number of hydrogen-bond acceptors (Lipinski definition) is 1. The molecule has 0 bridgehead atoms. The first-order valence-corrected chi connectivity index (χ1v) is 13.7. The molecule has 1 nitrogen and oxygen atoms in total. The Bertz CT molecular complexity index is 777. The van der Waals surface area contributed by atoms with E-state index in [9.17, 15) is 5.11 Å². The second-order valence-corrected chi connectivity index (χ2v) is 14.7. The summed E-state index contributed by atoms with van der Waals surface area (Å²) < 4.78 is 0. The fourth-order valence-corrected chi connectivity index (χ4v) is 11.2. The minimum absolute atomic E-state index is 0.0432. The molecule has 0 aromatic carbocycles. The Morgan fingerprint density at radius 2 is 1.48 bits per heavy atom. The minimum Gasteiger partial charge on any atom is -0.393 e. The van der Waals surface area contributed by atoms with E-state index in [0.29, 0.717) is 27.6 Å². The Morgan fingerprint density at radius 1 is 0.806 bits per heavy atom. The second kappa shape index (κ2) is 6.64. The molecular weight excluding hydrogens is 376 g/mol. The van der Waals surface area contributed by atoms with Gasteiger partial charge >= 0.3 is 0 Å². The van der Waals surface area contributed by atoms with Crippen LogP contribution in [0.5, 0.6) is 0 Å². The van der Waals surface area contributed by atoms with Crippen molar-refractivity contribution in [3.63, 3.8) is 0 Å². The molecule has 1 N–H and O–H groups in total. The lowest BCUT2D eigenvalue weighted by Crippen LogP contribution is -2.62. The third-order valence-corrected chi connectivity index (χ3v) is 13.2. The van der Waals surface area contributed by atoms with Crippen LogP contribution in [-0.4, -0.2) is 11.2 Å². The highest BCUT2D eigenvalue weighted by Gasteiger charge is 2.68. The molecule has 0 aromatic heterocycles. The molecule has 176 valence electrons. The smallest absolute Gasteiger partial charge is 0.0594 e. The molecule has 9 atom stereocenters. The zero-order valence-corrected chi connectivity index (χ0v) is 21.9. The fourth-order valence-electron chi connectivity index (χ4n) is 11.2. The van der Waals surface area contributed by atoms with E-state index in [1.807, 2.05) is 5.57 Å². The Morgan fingerprint density at radius 3 is 2.16 bits per heavy atom. The number of aliphatic hydroxyl groups is 1. The zero-order chi connectivity index (χ0) is 22.6. The lowest BCUT2D eigenvalue weighted by molar-refractivity contribution is -0.165. The molecule has 0 amide bonds. The first-order valence-electron chi connectivity index (χ1n) is 13.7. The molecule has 5 aliphatic carbocycles. The van der Waals surface area contributed by atoms with Gasteiger partial charge in [0.15, 0.2) is 0 Å². The molecule has 0 aliphatic heterocycles. The van der Waals surface area contributed by atoms with Crippen LogP contribution in [0.25, 0.3) is 0 Å². The standard InChI is InChI=1S/C30H50O/c1-19(2)20-9-12-24-28(20,6)17-18-29(7)22-10-11-23-26(3,4)25(31)14-15-27(23,5)21(22)13-16-30(24,29)8/h13,19-20,22-25,31H,9-12,14-18H2,1-8H3/t20-,22+,23?,24?,25?,27+,28-,29?,30+/m0/s1. The van der Waals surface area contributed by atoms with Crippen LogP contribution in [0.15, 0.2) is 11.6 Å². The summed E-state index contributed by atoms with van der Waals surface area (Å²) in [7, 11) is 0. The molecule has 0 heterocycles. The van der Waals surface area contributed by atoms with Gasteiger partial charge in [0.1, 0.15) is 0 Å². The Hall–Kier alpha value is -0.300. The van der Waals surface area contributed by atoms with Gasteiger partial charge in [0.2, 0.25) is 0 Å². The zero-order valence-electron chi connectivity index (χ0n) is 21.9. The van der Waals surface area contributed by atoms with Gasteiger partial charge in [-0.1, -0.05) is 67.0 Å². The predicted octanol–water partition coefficient (Wildman–Crippen LogP) is 8.02. The Kier molecular flexibility index (Phi) is 4.82. The monoisotopic (exact) mass is 426 g/mol. The van der Waals surface area contributed by atoms with E-state index in [1.54, 1.807) is 0 Å². The highest BCUT2D eigenvalue weighted by atomic mass is 16.3. The van der Waals surface area contributed by atoms with E-state index < -0.39 is 0 Å². The average Bonchev–Trinajstić information content (AvgIpc) is 3.05. The van der Waals surface area contributed by atoms with E-state index in [-0.39, 0.29) is 11.5 Å². The molecule has 4 fully saturated rings. The van der Waals surface area contributed by atoms with Crippen molar-refractivity contribution in [2.75, 3.05) is 0 Å². The van der Waals surface area contributed by atoms with Gasteiger partial charge in [-0.25, -0.2) is 0 Å². The van der Waals surface area contributed by atoms with Crippen LogP contribution < -0.4 is 0 Å². The summed E-state index contributed by atoms with van der Waals surface area (Å²) in [6.07, 6.45) is 14.6. The number of rotatable bonds is 1. The molecule has 5 aliphatic rings. The summed E-state index contributed by atoms with van der Waals surface area (Å²) in [5, 5.41) is 10.8. The molecule has 31 heavy (non-hydrogen) atoms. The van der Waals surface area contributed by atoms with Crippen LogP contribution in [0.4, 0.5) is 0 Å². The number of allylic oxidation sites excluding steroid dienone is 2. The van der Waals surface area contributed by atoms with Gasteiger partial charge in [-0.2, -0.15) is 0 Å². The number of hydrogen-bond donors (Lipinski definition) is 1. The van der Waals surface area contributed by atoms with Crippen molar-refractivity contribution in [2.24, 2.45) is 56.7 Å². The van der Waals surface area contributed by atoms with Crippen molar-refractivity contribution in [3.8, 4) is 0 Å². The van der Waals surface area contributed by atoms with E-state index in [4.69, 9.17) is 0 Å². The Labute approximate surface area is 192 Å². The van der Waals surface area contributed by atoms with Crippen LogP contribution in [0.3, 0.4) is 0 Å². The number of aliphatic hydroxyl groups excluding tert-OH is 1. The molecule has 5 rings (SSSR count). The second-order valence-electron chi connectivity index (χ2n) is 14.7. The quantitative estimate of drug-likeness (QED) is 0.421. The molecule has 0 saturated heterocycles. The van der Waals surface area contributed by atoms with Gasteiger partial charge in [-0.05, 0) is 114 Å². The van der Waals surface area contributed by atoms with E-state index in [0.717, 1.165) is 30.1 Å². The van der Waals surface area contributed by atoms with Gasteiger partial charge in [0.25, 0.3) is 0 Å². The molecule has 4 unspecified atom stereocenters. The van der Waals surface area contributed by atoms with Crippen LogP contribution in [0.2, 0.25) is 0 Å². The van der Waals surface area contributed by atoms with Gasteiger partial charge in [0, 0.05) is 0 Å². The topological polar surface area (TPSA) is 20.2 Å². The molecule has 0 aromatic rings. The van der Waals surface area contributed by atoms with Crippen molar-refractivity contribution in [2.45, 2.75) is 119 Å². The largest absolute Gasteiger partial charge is 0.393 e. The molecule has 4 saturated carbocycles. The fraction of sp³-hybridized carbons (Fsp3) is 0.933. The summed E-state index contributed by atoms with van der Waals surface area (Å²) >= 11 is 0. The molecule has 0 spiro atoms. The van der Waals surface area contributed by atoms with E-state index >= 15 is 0 Å². The van der Waals surface area contributed by atoms with Crippen LogP contribution >= 0.6 is 0 Å². The highest BCUT2D eigenvalue weighted by molar-refractivity contribution is 5.33. The summed E-state index contributed by atoms with van der Waals surface area (Å²) in [5.41, 5.74) is 3.61. The average molecular weight is 427 g/mol. The maximum Gasteiger partial charge on any atom is 0.0594 e. The van der Waals surface area contributed by atoms with Crippen LogP contribution in [0.1, 0.15) is 113 Å². The van der Waals surface area contributed by atoms with Gasteiger partial charge < -0.3 is 5.11 Å². The summed E-state index contributed by atoms with van der Waals surface area (Å²) in [6.45, 7) is 20.4. The van der Waals surface area contributed by atoms with Gasteiger partial charge in [0.05, 0.1) is 6.10 Å². The third kappa shape index (κ3) is 2.60.